The molecule has 0 N–H and O–H groups in total. The number of halogens is 6. The Hall–Kier alpha value is 1.06. The van der Waals surface area contributed by atoms with Crippen LogP contribution >= 0.6 is 86.9 Å². The summed E-state index contributed by atoms with van der Waals surface area (Å²) in [4.78, 5) is 0. The van der Waals surface area contributed by atoms with Gasteiger partial charge in [0.15, 0.2) is 0 Å². The molecule has 0 amide bonds. The minimum absolute atomic E-state index is 0.617. The maximum Gasteiger partial charge on any atom is 0.101 e. The summed E-state index contributed by atoms with van der Waals surface area (Å²) in [6, 6.07) is 0. The van der Waals surface area contributed by atoms with E-state index in [-0.39, 0.29) is 0 Å². The Kier molecular flexibility index (Phi) is 4.68. The Morgan fingerprint density at radius 2 is 1.00 bits per heavy atom. The van der Waals surface area contributed by atoms with Gasteiger partial charge >= 0.3 is 0 Å². The summed E-state index contributed by atoms with van der Waals surface area (Å²) < 4.78 is 7.23. The Balaban J connectivity index is 2.86. The van der Waals surface area contributed by atoms with Crippen molar-refractivity contribution in [3.63, 3.8) is 0 Å². The Labute approximate surface area is 148 Å². The van der Waals surface area contributed by atoms with Crippen molar-refractivity contribution in [2.24, 2.45) is 14.1 Å². The average Bonchev–Trinajstić information content (AvgIpc) is 2.64. The fourth-order valence-electron chi connectivity index (χ4n) is 1.70. The summed E-state index contributed by atoms with van der Waals surface area (Å²) in [7, 11) is 3.84. The van der Waals surface area contributed by atoms with E-state index in [0.717, 1.165) is 29.5 Å². The quantitative estimate of drug-likeness (QED) is 0.394. The van der Waals surface area contributed by atoms with Crippen LogP contribution in [0.2, 0.25) is 10.0 Å². The zero-order chi connectivity index (χ0) is 13.8. The van der Waals surface area contributed by atoms with Crippen molar-refractivity contribution in [2.75, 3.05) is 0 Å². The lowest BCUT2D eigenvalue weighted by Crippen LogP contribution is -1.98. The highest BCUT2D eigenvalue weighted by atomic mass is 79.9. The summed E-state index contributed by atoms with van der Waals surface area (Å²) in [6.07, 6.45) is 0. The number of aromatic nitrogens is 2. The molecule has 0 atom stereocenters. The van der Waals surface area contributed by atoms with E-state index in [1.807, 2.05) is 23.2 Å². The van der Waals surface area contributed by atoms with Gasteiger partial charge in [-0.25, -0.2) is 0 Å². The monoisotopic (exact) mass is 540 g/mol. The molecule has 0 aliphatic rings. The van der Waals surface area contributed by atoms with Gasteiger partial charge in [0.25, 0.3) is 0 Å². The first-order valence-electron chi connectivity index (χ1n) is 4.67. The maximum atomic E-state index is 6.36. The van der Waals surface area contributed by atoms with Crippen LogP contribution < -0.4 is 0 Å². The normalized spacial score (nSPS) is 11.3. The molecule has 0 fully saturated rings. The molecule has 0 aliphatic heterocycles. The van der Waals surface area contributed by atoms with Gasteiger partial charge in [-0.2, -0.15) is 0 Å². The third kappa shape index (κ3) is 2.17. The standard InChI is InChI=1S/C10H6Br4Cl2N2/c1-17-7(5(15)3(11)9(17)13)8-6(16)4(12)10(14)18(8)2/h1-2H3. The van der Waals surface area contributed by atoms with Crippen LogP contribution in [0, 0.1) is 0 Å². The zero-order valence-corrected chi connectivity index (χ0v) is 17.0. The number of nitrogens with zero attached hydrogens (tertiary/aromatic N) is 2. The van der Waals surface area contributed by atoms with Crippen molar-refractivity contribution in [2.45, 2.75) is 0 Å². The van der Waals surface area contributed by atoms with Gasteiger partial charge in [0, 0.05) is 14.1 Å². The summed E-state index contributed by atoms with van der Waals surface area (Å²) in [5.74, 6) is 0. The summed E-state index contributed by atoms with van der Waals surface area (Å²) in [6.45, 7) is 0. The topological polar surface area (TPSA) is 9.86 Å². The van der Waals surface area contributed by atoms with E-state index < -0.39 is 0 Å². The third-order valence-corrected chi connectivity index (χ3v) is 8.31. The molecule has 0 aliphatic carbocycles. The lowest BCUT2D eigenvalue weighted by atomic mass is 10.3. The van der Waals surface area contributed by atoms with Crippen molar-refractivity contribution < 1.29 is 0 Å². The van der Waals surface area contributed by atoms with Crippen molar-refractivity contribution in [3.8, 4) is 11.4 Å². The van der Waals surface area contributed by atoms with Crippen LogP contribution in [0.4, 0.5) is 0 Å². The largest absolute Gasteiger partial charge is 0.335 e. The van der Waals surface area contributed by atoms with Crippen molar-refractivity contribution in [1.29, 1.82) is 0 Å². The van der Waals surface area contributed by atoms with Crippen LogP contribution in [0.25, 0.3) is 11.4 Å². The van der Waals surface area contributed by atoms with Gasteiger partial charge < -0.3 is 9.13 Å². The lowest BCUT2D eigenvalue weighted by Gasteiger charge is -2.08. The molecule has 98 valence electrons. The third-order valence-electron chi connectivity index (χ3n) is 2.65. The zero-order valence-electron chi connectivity index (χ0n) is 9.16. The smallest absolute Gasteiger partial charge is 0.101 e. The average molecular weight is 545 g/mol. The molecular weight excluding hydrogens is 539 g/mol. The van der Waals surface area contributed by atoms with E-state index in [1.54, 1.807) is 0 Å². The van der Waals surface area contributed by atoms with Crippen LogP contribution in [0.3, 0.4) is 0 Å². The fraction of sp³-hybridized carbons (Fsp3) is 0.200. The van der Waals surface area contributed by atoms with Crippen LogP contribution in [0.1, 0.15) is 0 Å². The van der Waals surface area contributed by atoms with Crippen molar-refractivity contribution in [3.05, 3.63) is 28.2 Å². The highest BCUT2D eigenvalue weighted by Crippen LogP contribution is 2.47. The van der Waals surface area contributed by atoms with Crippen LogP contribution in [-0.4, -0.2) is 9.13 Å². The first-order valence-corrected chi connectivity index (χ1v) is 8.60. The van der Waals surface area contributed by atoms with Crippen LogP contribution in [-0.2, 0) is 14.1 Å². The number of hydrogen-bond donors (Lipinski definition) is 0. The molecule has 2 aromatic heterocycles. The molecule has 0 saturated carbocycles. The number of rotatable bonds is 1. The molecule has 2 nitrogen and oxygen atoms in total. The molecule has 2 aromatic rings. The molecule has 8 heteroatoms. The minimum atomic E-state index is 0.617. The molecular formula is C10H6Br4Cl2N2. The van der Waals surface area contributed by atoms with Crippen molar-refractivity contribution in [1.82, 2.24) is 9.13 Å². The molecule has 0 radical (unpaired) electrons. The second-order valence-corrected chi connectivity index (χ2v) is 7.50. The fourth-order valence-corrected chi connectivity index (χ4v) is 4.20. The van der Waals surface area contributed by atoms with E-state index in [4.69, 9.17) is 23.2 Å². The first-order chi connectivity index (χ1) is 8.29. The number of hydrogen-bond acceptors (Lipinski definition) is 0. The second kappa shape index (κ2) is 5.45. The molecule has 0 spiro atoms. The van der Waals surface area contributed by atoms with Crippen molar-refractivity contribution >= 4 is 86.9 Å². The van der Waals surface area contributed by atoms with Gasteiger partial charge in [-0.1, -0.05) is 23.2 Å². The van der Waals surface area contributed by atoms with E-state index >= 15 is 0 Å². The summed E-state index contributed by atoms with van der Waals surface area (Å²) >= 11 is 26.6. The Morgan fingerprint density at radius 1 is 0.722 bits per heavy atom. The maximum absolute atomic E-state index is 6.36. The van der Waals surface area contributed by atoms with E-state index in [9.17, 15) is 0 Å². The van der Waals surface area contributed by atoms with Crippen LogP contribution in [0.15, 0.2) is 18.2 Å². The SMILES string of the molecule is Cn1c(Br)c(Br)c(Cl)c1-c1c(Cl)c(Br)c(Br)n1C. The summed E-state index contributed by atoms with van der Waals surface area (Å²) in [5, 5.41) is 1.23. The second-order valence-electron chi connectivity index (χ2n) is 3.65. The van der Waals surface area contributed by atoms with E-state index in [0.29, 0.717) is 10.0 Å². The van der Waals surface area contributed by atoms with Gasteiger partial charge in [0.2, 0.25) is 0 Å². The van der Waals surface area contributed by atoms with Gasteiger partial charge in [-0.05, 0) is 63.7 Å². The van der Waals surface area contributed by atoms with Gasteiger partial charge in [-0.15, -0.1) is 0 Å². The van der Waals surface area contributed by atoms with E-state index in [1.165, 1.54) is 0 Å². The predicted octanol–water partition coefficient (Wildman–Crippen LogP) is 6.39. The highest BCUT2D eigenvalue weighted by Gasteiger charge is 2.25. The molecule has 0 aromatic carbocycles. The van der Waals surface area contributed by atoms with Gasteiger partial charge in [0.05, 0.1) is 30.4 Å². The van der Waals surface area contributed by atoms with Gasteiger partial charge in [-0.3, -0.25) is 0 Å². The molecule has 2 rings (SSSR count). The molecule has 0 unspecified atom stereocenters. The first kappa shape index (κ1) is 15.4. The lowest BCUT2D eigenvalue weighted by molar-refractivity contribution is 0.860. The van der Waals surface area contributed by atoms with Crippen LogP contribution in [0.5, 0.6) is 0 Å². The Bertz CT molecular complexity index is 538. The van der Waals surface area contributed by atoms with E-state index in [2.05, 4.69) is 63.7 Å². The predicted molar refractivity (Wildman–Crippen MR) is 90.6 cm³/mol. The summed E-state index contributed by atoms with van der Waals surface area (Å²) in [5.41, 5.74) is 1.68. The van der Waals surface area contributed by atoms with Gasteiger partial charge in [0.1, 0.15) is 9.21 Å². The molecule has 0 saturated heterocycles. The molecule has 2 heterocycles. The minimum Gasteiger partial charge on any atom is -0.335 e. The Morgan fingerprint density at radius 3 is 1.17 bits per heavy atom. The highest BCUT2D eigenvalue weighted by molar-refractivity contribution is 9.13. The molecule has 0 bridgehead atoms. The molecule has 18 heavy (non-hydrogen) atoms.